The second-order valence-corrected chi connectivity index (χ2v) is 3.64. The fraction of sp³-hybridized carbons (Fsp3) is 0.643. The molecule has 0 fully saturated rings. The second-order valence-electron chi connectivity index (χ2n) is 3.64. The fourth-order valence-electron chi connectivity index (χ4n) is 1.19. The minimum Gasteiger partial charge on any atom is -0.466 e. The van der Waals surface area contributed by atoms with Gasteiger partial charge in [0, 0.05) is 13.3 Å². The van der Waals surface area contributed by atoms with E-state index in [0.29, 0.717) is 6.61 Å². The van der Waals surface area contributed by atoms with Crippen molar-refractivity contribution in [3.63, 3.8) is 0 Å². The molecule has 0 aromatic heterocycles. The Labute approximate surface area is 99.1 Å². The van der Waals surface area contributed by atoms with Gasteiger partial charge in [0.05, 0.1) is 6.61 Å². The first-order valence-electron chi connectivity index (χ1n) is 6.04. The van der Waals surface area contributed by atoms with E-state index < -0.39 is 0 Å². The van der Waals surface area contributed by atoms with Crippen LogP contribution in [0.2, 0.25) is 0 Å². The van der Waals surface area contributed by atoms with E-state index in [1.165, 1.54) is 6.92 Å². The van der Waals surface area contributed by atoms with Crippen LogP contribution in [-0.4, -0.2) is 12.6 Å². The molecule has 2 nitrogen and oxygen atoms in total. The Morgan fingerprint density at radius 2 is 2.00 bits per heavy atom. The fourth-order valence-corrected chi connectivity index (χ4v) is 1.19. The summed E-state index contributed by atoms with van der Waals surface area (Å²) in [4.78, 5) is 10.5. The number of unbranched alkanes of at least 4 members (excludes halogenated alkanes) is 4. The topological polar surface area (TPSA) is 26.3 Å². The van der Waals surface area contributed by atoms with Crippen LogP contribution in [0.5, 0.6) is 0 Å². The predicted octanol–water partition coefficient (Wildman–Crippen LogP) is 3.47. The lowest BCUT2D eigenvalue weighted by molar-refractivity contribution is -0.141. The predicted molar refractivity (Wildman–Crippen MR) is 66.9 cm³/mol. The molecule has 0 unspecified atom stereocenters. The Kier molecular flexibility index (Phi) is 10.9. The number of rotatable bonds is 7. The third-order valence-electron chi connectivity index (χ3n) is 2.04. The van der Waals surface area contributed by atoms with Crippen LogP contribution in [-0.2, 0) is 9.53 Å². The average Bonchev–Trinajstić information content (AvgIpc) is 2.25. The summed E-state index contributed by atoms with van der Waals surface area (Å²) in [5.41, 5.74) is 0. The van der Waals surface area contributed by atoms with Gasteiger partial charge in [0.1, 0.15) is 0 Å². The van der Waals surface area contributed by atoms with Gasteiger partial charge in [-0.3, -0.25) is 4.79 Å². The van der Waals surface area contributed by atoms with Gasteiger partial charge in [0.25, 0.3) is 0 Å². The lowest BCUT2D eigenvalue weighted by Crippen LogP contribution is -1.99. The molecule has 0 aliphatic rings. The Hall–Kier alpha value is -1.23. The molecule has 90 valence electrons. The van der Waals surface area contributed by atoms with Gasteiger partial charge >= 0.3 is 5.97 Å². The minimum atomic E-state index is -0.187. The minimum absolute atomic E-state index is 0.187. The summed E-state index contributed by atoms with van der Waals surface area (Å²) in [6, 6.07) is 0. The molecule has 0 N–H and O–H groups in total. The molecule has 0 saturated carbocycles. The molecule has 2 heteroatoms. The van der Waals surface area contributed by atoms with Crippen LogP contribution in [0.3, 0.4) is 0 Å². The van der Waals surface area contributed by atoms with Crippen molar-refractivity contribution < 1.29 is 9.53 Å². The highest BCUT2D eigenvalue weighted by Gasteiger charge is 1.92. The number of hydrogen-bond acceptors (Lipinski definition) is 2. The first-order chi connectivity index (χ1) is 7.77. The zero-order chi connectivity index (χ0) is 12.1. The highest BCUT2D eigenvalue weighted by molar-refractivity contribution is 5.65. The molecular formula is C14H22O2. The van der Waals surface area contributed by atoms with Gasteiger partial charge in [-0.1, -0.05) is 37.7 Å². The Morgan fingerprint density at radius 3 is 2.69 bits per heavy atom. The lowest BCUT2D eigenvalue weighted by atomic mass is 10.1. The van der Waals surface area contributed by atoms with Crippen molar-refractivity contribution >= 4 is 5.97 Å². The summed E-state index contributed by atoms with van der Waals surface area (Å²) in [7, 11) is 0. The number of hydrogen-bond donors (Lipinski definition) is 0. The highest BCUT2D eigenvalue weighted by atomic mass is 16.5. The molecule has 0 aliphatic carbocycles. The summed E-state index contributed by atoms with van der Waals surface area (Å²) >= 11 is 0. The van der Waals surface area contributed by atoms with Crippen molar-refractivity contribution in [1.29, 1.82) is 0 Å². The van der Waals surface area contributed by atoms with Crippen molar-refractivity contribution in [2.75, 3.05) is 6.61 Å². The smallest absolute Gasteiger partial charge is 0.302 e. The third-order valence-corrected chi connectivity index (χ3v) is 2.04. The van der Waals surface area contributed by atoms with E-state index in [2.05, 4.69) is 24.8 Å². The molecule has 0 radical (unpaired) electrons. The van der Waals surface area contributed by atoms with E-state index in [1.54, 1.807) is 0 Å². The second kappa shape index (κ2) is 11.8. The van der Waals surface area contributed by atoms with E-state index in [4.69, 9.17) is 4.74 Å². The number of allylic oxidation sites excluding steroid dienone is 2. The molecule has 0 bridgehead atoms. The SMILES string of the molecule is CC/C=C\C#CCCCCCCOC(C)=O. The monoisotopic (exact) mass is 222 g/mol. The molecule has 0 saturated heterocycles. The molecule has 0 amide bonds. The lowest BCUT2D eigenvalue weighted by Gasteiger charge is -2.00. The standard InChI is InChI=1S/C14H22O2/c1-3-4-5-6-7-8-9-10-11-12-13-16-14(2)15/h4-5H,3,8-13H2,1-2H3/b5-4-. The molecule has 0 rings (SSSR count). The normalized spacial score (nSPS) is 9.88. The number of carbonyl (C=O) groups excluding carboxylic acids is 1. The Bertz CT molecular complexity index is 256. The maximum Gasteiger partial charge on any atom is 0.302 e. The first kappa shape index (κ1) is 14.8. The molecule has 0 aliphatic heterocycles. The van der Waals surface area contributed by atoms with Crippen LogP contribution >= 0.6 is 0 Å². The van der Waals surface area contributed by atoms with Crippen LogP contribution in [0.15, 0.2) is 12.2 Å². The van der Waals surface area contributed by atoms with Crippen molar-refractivity contribution in [2.45, 2.75) is 52.4 Å². The highest BCUT2D eigenvalue weighted by Crippen LogP contribution is 2.02. The zero-order valence-corrected chi connectivity index (χ0v) is 10.4. The van der Waals surface area contributed by atoms with E-state index in [9.17, 15) is 4.79 Å². The molecule has 0 atom stereocenters. The number of ether oxygens (including phenoxy) is 1. The maximum absolute atomic E-state index is 10.5. The molecular weight excluding hydrogens is 200 g/mol. The summed E-state index contributed by atoms with van der Waals surface area (Å²) in [5, 5.41) is 0. The average molecular weight is 222 g/mol. The zero-order valence-electron chi connectivity index (χ0n) is 10.4. The largest absolute Gasteiger partial charge is 0.466 e. The van der Waals surface area contributed by atoms with E-state index >= 15 is 0 Å². The summed E-state index contributed by atoms with van der Waals surface area (Å²) in [6.45, 7) is 4.10. The van der Waals surface area contributed by atoms with Gasteiger partial charge in [-0.05, 0) is 25.3 Å². The van der Waals surface area contributed by atoms with Crippen LogP contribution in [0.1, 0.15) is 52.4 Å². The van der Waals surface area contributed by atoms with Crippen molar-refractivity contribution in [3.05, 3.63) is 12.2 Å². The summed E-state index contributed by atoms with van der Waals surface area (Å²) in [6.07, 6.45) is 10.3. The number of carbonyl (C=O) groups is 1. The summed E-state index contributed by atoms with van der Waals surface area (Å²) in [5.74, 6) is 5.92. The summed E-state index contributed by atoms with van der Waals surface area (Å²) < 4.78 is 4.84. The van der Waals surface area contributed by atoms with Crippen molar-refractivity contribution in [1.82, 2.24) is 0 Å². The van der Waals surface area contributed by atoms with E-state index in [-0.39, 0.29) is 5.97 Å². The number of esters is 1. The van der Waals surface area contributed by atoms with E-state index in [1.807, 2.05) is 6.08 Å². The molecule has 0 aromatic rings. The molecule has 0 aromatic carbocycles. The molecule has 0 heterocycles. The van der Waals surface area contributed by atoms with Gasteiger partial charge in [0.2, 0.25) is 0 Å². The van der Waals surface area contributed by atoms with Gasteiger partial charge in [-0.15, -0.1) is 0 Å². The van der Waals surface area contributed by atoms with Crippen molar-refractivity contribution in [3.8, 4) is 11.8 Å². The maximum atomic E-state index is 10.5. The van der Waals surface area contributed by atoms with Crippen LogP contribution in [0.4, 0.5) is 0 Å². The molecule has 16 heavy (non-hydrogen) atoms. The third kappa shape index (κ3) is 12.8. The van der Waals surface area contributed by atoms with E-state index in [0.717, 1.165) is 38.5 Å². The van der Waals surface area contributed by atoms with Crippen LogP contribution in [0.25, 0.3) is 0 Å². The Morgan fingerprint density at radius 1 is 1.25 bits per heavy atom. The van der Waals surface area contributed by atoms with Gasteiger partial charge in [0.15, 0.2) is 0 Å². The van der Waals surface area contributed by atoms with Gasteiger partial charge in [-0.2, -0.15) is 0 Å². The Balaban J connectivity index is 3.17. The van der Waals surface area contributed by atoms with Gasteiger partial charge in [-0.25, -0.2) is 0 Å². The van der Waals surface area contributed by atoms with Gasteiger partial charge < -0.3 is 4.74 Å². The van der Waals surface area contributed by atoms with Crippen molar-refractivity contribution in [2.24, 2.45) is 0 Å². The van der Waals surface area contributed by atoms with Crippen LogP contribution < -0.4 is 0 Å². The molecule has 0 spiro atoms. The van der Waals surface area contributed by atoms with Crippen LogP contribution in [0, 0.1) is 11.8 Å². The quantitative estimate of drug-likeness (QED) is 0.374. The first-order valence-corrected chi connectivity index (χ1v) is 6.04.